The average molecular weight is 238 g/mol. The number of aldehydes is 1. The Morgan fingerprint density at radius 3 is 2.71 bits per heavy atom. The molecule has 0 radical (unpaired) electrons. The van der Waals surface area contributed by atoms with Gasteiger partial charge >= 0.3 is 5.97 Å². The first kappa shape index (κ1) is 13.0. The van der Waals surface area contributed by atoms with Crippen LogP contribution in [0.5, 0.6) is 11.5 Å². The van der Waals surface area contributed by atoms with Crippen LogP contribution in [0.2, 0.25) is 0 Å². The second kappa shape index (κ2) is 5.89. The number of rotatable bonds is 6. The zero-order chi connectivity index (χ0) is 12.8. The van der Waals surface area contributed by atoms with Gasteiger partial charge in [0.15, 0.2) is 12.4 Å². The van der Waals surface area contributed by atoms with E-state index in [1.807, 2.05) is 0 Å². The average Bonchev–Trinajstić information content (AvgIpc) is 2.35. The van der Waals surface area contributed by atoms with Gasteiger partial charge in [-0.2, -0.15) is 0 Å². The molecule has 0 fully saturated rings. The van der Waals surface area contributed by atoms with Gasteiger partial charge in [0.1, 0.15) is 11.5 Å². The number of benzene rings is 1. The highest BCUT2D eigenvalue weighted by Gasteiger charge is 2.18. The molecule has 5 heteroatoms. The molecule has 92 valence electrons. The van der Waals surface area contributed by atoms with E-state index in [-0.39, 0.29) is 5.75 Å². The highest BCUT2D eigenvalue weighted by atomic mass is 16.5. The molecule has 5 nitrogen and oxygen atoms in total. The lowest BCUT2D eigenvalue weighted by molar-refractivity contribution is -0.145. The molecule has 0 bridgehead atoms. The van der Waals surface area contributed by atoms with Gasteiger partial charge in [-0.15, -0.1) is 0 Å². The van der Waals surface area contributed by atoms with E-state index in [0.29, 0.717) is 24.0 Å². The summed E-state index contributed by atoms with van der Waals surface area (Å²) in [7, 11) is 1.48. The maximum Gasteiger partial charge on any atom is 0.344 e. The Morgan fingerprint density at radius 1 is 1.53 bits per heavy atom. The predicted molar refractivity (Wildman–Crippen MR) is 60.7 cm³/mol. The van der Waals surface area contributed by atoms with Crippen LogP contribution in [0.1, 0.15) is 23.7 Å². The Labute approximate surface area is 99.0 Å². The van der Waals surface area contributed by atoms with E-state index >= 15 is 0 Å². The molecule has 1 unspecified atom stereocenters. The van der Waals surface area contributed by atoms with Crippen LogP contribution in [0.15, 0.2) is 18.2 Å². The zero-order valence-electron chi connectivity index (χ0n) is 9.67. The fourth-order valence-corrected chi connectivity index (χ4v) is 1.30. The van der Waals surface area contributed by atoms with Crippen LogP contribution in [0, 0.1) is 0 Å². The third-order valence-corrected chi connectivity index (χ3v) is 2.26. The van der Waals surface area contributed by atoms with Crippen molar-refractivity contribution in [1.82, 2.24) is 0 Å². The minimum absolute atomic E-state index is 0.216. The molecule has 1 rings (SSSR count). The topological polar surface area (TPSA) is 72.8 Å². The lowest BCUT2D eigenvalue weighted by Gasteiger charge is -2.15. The van der Waals surface area contributed by atoms with E-state index in [2.05, 4.69) is 0 Å². The number of methoxy groups -OCH3 is 1. The van der Waals surface area contributed by atoms with Crippen molar-refractivity contribution in [2.24, 2.45) is 0 Å². The number of hydrogen-bond acceptors (Lipinski definition) is 4. The van der Waals surface area contributed by atoms with E-state index in [1.165, 1.54) is 19.2 Å². The molecule has 1 aromatic rings. The molecule has 0 aliphatic carbocycles. The molecule has 0 aromatic heterocycles. The minimum Gasteiger partial charge on any atom is -0.497 e. The van der Waals surface area contributed by atoms with Gasteiger partial charge in [-0.3, -0.25) is 4.79 Å². The minimum atomic E-state index is -1.06. The maximum atomic E-state index is 10.8. The van der Waals surface area contributed by atoms with Crippen LogP contribution in [0.25, 0.3) is 0 Å². The molecule has 1 N–H and O–H groups in total. The monoisotopic (exact) mass is 238 g/mol. The summed E-state index contributed by atoms with van der Waals surface area (Å²) in [6.07, 6.45) is -0.0467. The summed E-state index contributed by atoms with van der Waals surface area (Å²) in [5, 5.41) is 8.88. The van der Waals surface area contributed by atoms with Gasteiger partial charge in [-0.25, -0.2) is 4.79 Å². The van der Waals surface area contributed by atoms with Crippen molar-refractivity contribution in [2.45, 2.75) is 19.4 Å². The molecule has 1 atom stereocenters. The van der Waals surface area contributed by atoms with Crippen molar-refractivity contribution < 1.29 is 24.2 Å². The van der Waals surface area contributed by atoms with Gasteiger partial charge in [0.05, 0.1) is 12.7 Å². The standard InChI is InChI=1S/C12H14O5/c1-3-10(12(14)15)17-11-6-9(16-2)5-4-8(11)7-13/h4-7,10H,3H2,1-2H3,(H,14,15). The van der Waals surface area contributed by atoms with Crippen molar-refractivity contribution in [2.75, 3.05) is 7.11 Å². The molecule has 0 amide bonds. The number of carboxylic acids is 1. The van der Waals surface area contributed by atoms with Gasteiger partial charge in [0.2, 0.25) is 0 Å². The third kappa shape index (κ3) is 3.21. The third-order valence-electron chi connectivity index (χ3n) is 2.26. The Morgan fingerprint density at radius 2 is 2.24 bits per heavy atom. The van der Waals surface area contributed by atoms with Crippen LogP contribution in [-0.2, 0) is 4.79 Å². The van der Waals surface area contributed by atoms with E-state index in [1.54, 1.807) is 13.0 Å². The summed E-state index contributed by atoms with van der Waals surface area (Å²) in [4.78, 5) is 21.6. The van der Waals surface area contributed by atoms with E-state index in [0.717, 1.165) is 0 Å². The molecule has 0 aliphatic heterocycles. The second-order valence-electron chi connectivity index (χ2n) is 3.37. The Bertz CT molecular complexity index is 413. The maximum absolute atomic E-state index is 10.8. The van der Waals surface area contributed by atoms with Crippen LogP contribution >= 0.6 is 0 Å². The molecule has 0 saturated heterocycles. The van der Waals surface area contributed by atoms with Gasteiger partial charge in [0, 0.05) is 6.07 Å². The highest BCUT2D eigenvalue weighted by Crippen LogP contribution is 2.25. The number of carboxylic acid groups (broad SMARTS) is 1. The Kier molecular flexibility index (Phi) is 4.51. The summed E-state index contributed by atoms with van der Waals surface area (Å²) in [6.45, 7) is 1.69. The van der Waals surface area contributed by atoms with Crippen LogP contribution in [-0.4, -0.2) is 30.6 Å². The van der Waals surface area contributed by atoms with Crippen molar-refractivity contribution >= 4 is 12.3 Å². The molecular weight excluding hydrogens is 224 g/mol. The van der Waals surface area contributed by atoms with Crippen molar-refractivity contribution in [3.05, 3.63) is 23.8 Å². The van der Waals surface area contributed by atoms with Gasteiger partial charge in [0.25, 0.3) is 0 Å². The first-order chi connectivity index (χ1) is 8.12. The van der Waals surface area contributed by atoms with Crippen molar-refractivity contribution in [3.63, 3.8) is 0 Å². The second-order valence-corrected chi connectivity index (χ2v) is 3.37. The van der Waals surface area contributed by atoms with E-state index < -0.39 is 12.1 Å². The smallest absolute Gasteiger partial charge is 0.344 e. The Balaban J connectivity index is 3.01. The molecule has 0 aliphatic rings. The fourth-order valence-electron chi connectivity index (χ4n) is 1.30. The Hall–Kier alpha value is -2.04. The lowest BCUT2D eigenvalue weighted by atomic mass is 10.2. The van der Waals surface area contributed by atoms with Crippen molar-refractivity contribution in [3.8, 4) is 11.5 Å². The molecule has 0 saturated carbocycles. The molecule has 1 aromatic carbocycles. The lowest BCUT2D eigenvalue weighted by Crippen LogP contribution is -2.26. The van der Waals surface area contributed by atoms with Crippen LogP contribution < -0.4 is 9.47 Å². The summed E-state index contributed by atoms with van der Waals surface area (Å²) >= 11 is 0. The largest absolute Gasteiger partial charge is 0.497 e. The number of hydrogen-bond donors (Lipinski definition) is 1. The van der Waals surface area contributed by atoms with E-state index in [4.69, 9.17) is 14.6 Å². The molecule has 0 heterocycles. The first-order valence-corrected chi connectivity index (χ1v) is 5.15. The number of carbonyl (C=O) groups is 2. The predicted octanol–water partition coefficient (Wildman–Crippen LogP) is 1.75. The molecule has 17 heavy (non-hydrogen) atoms. The van der Waals surface area contributed by atoms with Crippen molar-refractivity contribution in [1.29, 1.82) is 0 Å². The van der Waals surface area contributed by atoms with E-state index in [9.17, 15) is 9.59 Å². The summed E-state index contributed by atoms with van der Waals surface area (Å²) in [5.41, 5.74) is 0.297. The zero-order valence-corrected chi connectivity index (χ0v) is 9.67. The SMILES string of the molecule is CCC(Oc1cc(OC)ccc1C=O)C(=O)O. The molecule has 0 spiro atoms. The number of aliphatic carboxylic acids is 1. The highest BCUT2D eigenvalue weighted by molar-refractivity contribution is 5.80. The number of ether oxygens (including phenoxy) is 2. The normalized spacial score (nSPS) is 11.6. The summed E-state index contributed by atoms with van der Waals surface area (Å²) in [6, 6.07) is 4.63. The summed E-state index contributed by atoms with van der Waals surface area (Å²) < 4.78 is 10.3. The number of carbonyl (C=O) groups excluding carboxylic acids is 1. The van der Waals surface area contributed by atoms with Crippen LogP contribution in [0.3, 0.4) is 0 Å². The summed E-state index contributed by atoms with van der Waals surface area (Å²) in [5.74, 6) is -0.341. The van der Waals surface area contributed by atoms with Gasteiger partial charge in [-0.05, 0) is 18.6 Å². The fraction of sp³-hybridized carbons (Fsp3) is 0.333. The first-order valence-electron chi connectivity index (χ1n) is 5.15. The van der Waals surface area contributed by atoms with Crippen LogP contribution in [0.4, 0.5) is 0 Å². The van der Waals surface area contributed by atoms with Gasteiger partial charge in [-0.1, -0.05) is 6.92 Å². The molecular formula is C12H14O5. The quantitative estimate of drug-likeness (QED) is 0.764. The van der Waals surface area contributed by atoms with Gasteiger partial charge < -0.3 is 14.6 Å².